The molecule has 1 aliphatic carbocycles. The lowest BCUT2D eigenvalue weighted by atomic mass is 10.2. The molecule has 3 heteroatoms. The zero-order valence-electron chi connectivity index (χ0n) is 9.43. The van der Waals surface area contributed by atoms with E-state index in [4.69, 9.17) is 0 Å². The number of unbranched alkanes of at least 4 members (excludes halogenated alkanes) is 1. The van der Waals surface area contributed by atoms with E-state index >= 15 is 0 Å². The molecule has 0 bridgehead atoms. The largest absolute Gasteiger partial charge is 0.353 e. The number of hydrogen-bond donors (Lipinski definition) is 2. The summed E-state index contributed by atoms with van der Waals surface area (Å²) in [6.45, 7) is 5.63. The third kappa shape index (κ3) is 7.14. The van der Waals surface area contributed by atoms with Crippen molar-refractivity contribution >= 4 is 5.91 Å². The van der Waals surface area contributed by atoms with Crippen molar-refractivity contribution in [2.45, 2.75) is 44.6 Å². The number of rotatable bonds is 9. The molecule has 1 rings (SSSR count). The molecule has 0 aromatic rings. The summed E-state index contributed by atoms with van der Waals surface area (Å²) in [4.78, 5) is 11.3. The van der Waals surface area contributed by atoms with Crippen LogP contribution in [0.1, 0.15) is 38.5 Å². The lowest BCUT2D eigenvalue weighted by Crippen LogP contribution is -2.26. The molecule has 2 N–H and O–H groups in total. The molecule has 86 valence electrons. The monoisotopic (exact) mass is 210 g/mol. The van der Waals surface area contributed by atoms with Gasteiger partial charge in [0.1, 0.15) is 0 Å². The summed E-state index contributed by atoms with van der Waals surface area (Å²) in [6, 6.07) is 0.498. The molecule has 1 fully saturated rings. The van der Waals surface area contributed by atoms with Gasteiger partial charge in [0.25, 0.3) is 0 Å². The van der Waals surface area contributed by atoms with E-state index in [0.29, 0.717) is 12.5 Å². The maximum Gasteiger partial charge on any atom is 0.220 e. The van der Waals surface area contributed by atoms with Crippen molar-refractivity contribution in [3.63, 3.8) is 0 Å². The maximum atomic E-state index is 11.3. The van der Waals surface area contributed by atoms with Crippen molar-refractivity contribution in [2.75, 3.05) is 13.1 Å². The summed E-state index contributed by atoms with van der Waals surface area (Å²) in [6.07, 6.45) is 8.08. The second-order valence-electron chi connectivity index (χ2n) is 4.13. The molecule has 0 radical (unpaired) electrons. The predicted octanol–water partition coefficient (Wildman–Crippen LogP) is 1.60. The summed E-state index contributed by atoms with van der Waals surface area (Å²) >= 11 is 0. The van der Waals surface area contributed by atoms with Gasteiger partial charge < -0.3 is 10.6 Å². The Bertz CT molecular complexity index is 200. The van der Waals surface area contributed by atoms with Crippen LogP contribution in [0.3, 0.4) is 0 Å². The van der Waals surface area contributed by atoms with Gasteiger partial charge in [0.2, 0.25) is 5.91 Å². The van der Waals surface area contributed by atoms with Gasteiger partial charge in [-0.15, -0.1) is 6.58 Å². The van der Waals surface area contributed by atoms with Crippen molar-refractivity contribution in [1.82, 2.24) is 10.6 Å². The van der Waals surface area contributed by atoms with Crippen LogP contribution in [0.15, 0.2) is 12.7 Å². The second kappa shape index (κ2) is 7.46. The number of amides is 1. The lowest BCUT2D eigenvalue weighted by molar-refractivity contribution is -0.121. The highest BCUT2D eigenvalue weighted by Crippen LogP contribution is 2.18. The summed E-state index contributed by atoms with van der Waals surface area (Å²) in [5.74, 6) is 0.213. The highest BCUT2D eigenvalue weighted by atomic mass is 16.1. The van der Waals surface area contributed by atoms with E-state index < -0.39 is 0 Å². The number of carbonyl (C=O) groups is 1. The zero-order valence-corrected chi connectivity index (χ0v) is 9.43. The van der Waals surface area contributed by atoms with Crippen molar-refractivity contribution in [1.29, 1.82) is 0 Å². The topological polar surface area (TPSA) is 41.1 Å². The molecule has 0 aromatic heterocycles. The summed E-state index contributed by atoms with van der Waals surface area (Å²) in [5.41, 5.74) is 0. The van der Waals surface area contributed by atoms with E-state index in [1.807, 2.05) is 6.08 Å². The van der Waals surface area contributed by atoms with Crippen LogP contribution in [0, 0.1) is 0 Å². The Kier molecular flexibility index (Phi) is 6.09. The van der Waals surface area contributed by atoms with Gasteiger partial charge >= 0.3 is 0 Å². The molecule has 0 aliphatic heterocycles. The van der Waals surface area contributed by atoms with E-state index in [1.54, 1.807) is 0 Å². The Hall–Kier alpha value is -0.830. The highest BCUT2D eigenvalue weighted by Gasteiger charge is 2.22. The zero-order chi connectivity index (χ0) is 10.9. The quantitative estimate of drug-likeness (QED) is 0.448. The first-order valence-electron chi connectivity index (χ1n) is 5.94. The van der Waals surface area contributed by atoms with Crippen LogP contribution < -0.4 is 10.6 Å². The fraction of sp³-hybridized carbons (Fsp3) is 0.750. The molecule has 0 saturated heterocycles. The number of hydrogen-bond acceptors (Lipinski definition) is 2. The van der Waals surface area contributed by atoms with Crippen LogP contribution in [0.5, 0.6) is 0 Å². The van der Waals surface area contributed by atoms with E-state index in [1.165, 1.54) is 12.8 Å². The first kappa shape index (κ1) is 12.2. The molecular weight excluding hydrogens is 188 g/mol. The number of carbonyl (C=O) groups excluding carboxylic acids is 1. The van der Waals surface area contributed by atoms with Gasteiger partial charge in [-0.3, -0.25) is 4.79 Å². The maximum absolute atomic E-state index is 11.3. The number of nitrogens with one attached hydrogen (secondary N) is 2. The third-order valence-corrected chi connectivity index (χ3v) is 2.46. The van der Waals surface area contributed by atoms with Crippen molar-refractivity contribution in [3.05, 3.63) is 12.7 Å². The molecule has 0 atom stereocenters. The third-order valence-electron chi connectivity index (χ3n) is 2.46. The fourth-order valence-corrected chi connectivity index (χ4v) is 1.40. The molecule has 15 heavy (non-hydrogen) atoms. The minimum Gasteiger partial charge on any atom is -0.353 e. The Morgan fingerprint density at radius 1 is 1.33 bits per heavy atom. The minimum absolute atomic E-state index is 0.213. The fourth-order valence-electron chi connectivity index (χ4n) is 1.40. The van der Waals surface area contributed by atoms with Crippen molar-refractivity contribution in [3.8, 4) is 0 Å². The SMILES string of the molecule is C=CCCCNCCCC(=O)NC1CC1. The molecule has 0 aromatic carbocycles. The highest BCUT2D eigenvalue weighted by molar-refractivity contribution is 5.76. The molecule has 1 saturated carbocycles. The molecule has 0 spiro atoms. The molecule has 1 aliphatic rings. The first-order chi connectivity index (χ1) is 7.33. The Balaban J connectivity index is 1.79. The number of allylic oxidation sites excluding steroid dienone is 1. The minimum atomic E-state index is 0.213. The summed E-state index contributed by atoms with van der Waals surface area (Å²) in [7, 11) is 0. The van der Waals surface area contributed by atoms with Gasteiger partial charge in [0, 0.05) is 12.5 Å². The van der Waals surface area contributed by atoms with E-state index in [9.17, 15) is 4.79 Å². The predicted molar refractivity (Wildman–Crippen MR) is 62.7 cm³/mol. The van der Waals surface area contributed by atoms with Gasteiger partial charge in [0.15, 0.2) is 0 Å². The van der Waals surface area contributed by atoms with E-state index in [0.717, 1.165) is 32.4 Å². The lowest BCUT2D eigenvalue weighted by Gasteiger charge is -2.04. The molecule has 1 amide bonds. The molecular formula is C12H22N2O. The van der Waals surface area contributed by atoms with Gasteiger partial charge in [-0.2, -0.15) is 0 Å². The normalized spacial score (nSPS) is 14.9. The van der Waals surface area contributed by atoms with Crippen LogP contribution in [0.4, 0.5) is 0 Å². The van der Waals surface area contributed by atoms with Crippen LogP contribution in [0.25, 0.3) is 0 Å². The Labute approximate surface area is 92.3 Å². The Morgan fingerprint density at radius 2 is 2.07 bits per heavy atom. The van der Waals surface area contributed by atoms with E-state index in [2.05, 4.69) is 17.2 Å². The molecule has 0 unspecified atom stereocenters. The summed E-state index contributed by atoms with van der Waals surface area (Å²) in [5, 5.41) is 6.30. The molecule has 3 nitrogen and oxygen atoms in total. The second-order valence-corrected chi connectivity index (χ2v) is 4.13. The summed E-state index contributed by atoms with van der Waals surface area (Å²) < 4.78 is 0. The van der Waals surface area contributed by atoms with Crippen LogP contribution in [0.2, 0.25) is 0 Å². The molecule has 0 heterocycles. The smallest absolute Gasteiger partial charge is 0.220 e. The van der Waals surface area contributed by atoms with Gasteiger partial charge in [-0.1, -0.05) is 6.08 Å². The van der Waals surface area contributed by atoms with Gasteiger partial charge in [0.05, 0.1) is 0 Å². The first-order valence-corrected chi connectivity index (χ1v) is 5.94. The van der Waals surface area contributed by atoms with Crippen LogP contribution in [-0.2, 0) is 4.79 Å². The van der Waals surface area contributed by atoms with Gasteiger partial charge in [-0.05, 0) is 45.2 Å². The van der Waals surface area contributed by atoms with Crippen molar-refractivity contribution < 1.29 is 4.79 Å². The van der Waals surface area contributed by atoms with Crippen LogP contribution in [-0.4, -0.2) is 25.0 Å². The van der Waals surface area contributed by atoms with Crippen LogP contribution >= 0.6 is 0 Å². The van der Waals surface area contributed by atoms with E-state index in [-0.39, 0.29) is 5.91 Å². The average Bonchev–Trinajstić information content (AvgIpc) is 3.00. The van der Waals surface area contributed by atoms with Crippen molar-refractivity contribution in [2.24, 2.45) is 0 Å². The van der Waals surface area contributed by atoms with Gasteiger partial charge in [-0.25, -0.2) is 0 Å². The average molecular weight is 210 g/mol. The Morgan fingerprint density at radius 3 is 2.73 bits per heavy atom. The standard InChI is InChI=1S/C12H22N2O/c1-2-3-4-9-13-10-5-6-12(15)14-11-7-8-11/h2,11,13H,1,3-10H2,(H,14,15).